The smallest absolute Gasteiger partial charge is 0.366 e. The maximum atomic E-state index is 12.7. The van der Waals surface area contributed by atoms with Crippen molar-refractivity contribution in [2.24, 2.45) is 0 Å². The number of carbonyl (C=O) groups is 2. The van der Waals surface area contributed by atoms with Gasteiger partial charge in [-0.3, -0.25) is 4.79 Å². The van der Waals surface area contributed by atoms with Crippen LogP contribution in [-0.2, 0) is 33.3 Å². The molecule has 2 aliphatic rings. The lowest BCUT2D eigenvalue weighted by Crippen LogP contribution is -2.68. The Morgan fingerprint density at radius 2 is 1.76 bits per heavy atom. The van der Waals surface area contributed by atoms with E-state index in [1.165, 1.54) is 7.11 Å². The van der Waals surface area contributed by atoms with Crippen LogP contribution in [0.1, 0.15) is 13.3 Å². The normalized spacial score (nSPS) is 40.3. The van der Waals surface area contributed by atoms with Crippen LogP contribution < -0.4 is 5.32 Å². The van der Waals surface area contributed by atoms with Crippen molar-refractivity contribution in [1.82, 2.24) is 5.32 Å². The molecule has 2 aliphatic heterocycles. The number of esters is 1. The van der Waals surface area contributed by atoms with Crippen LogP contribution in [0.15, 0.2) is 0 Å². The van der Waals surface area contributed by atoms with Crippen LogP contribution in [0.25, 0.3) is 0 Å². The number of aliphatic hydroxyl groups is 7. The molecule has 11 atom stereocenters. The van der Waals surface area contributed by atoms with E-state index in [1.807, 2.05) is 0 Å². The molecule has 0 unspecified atom stereocenters. The Kier molecular flexibility index (Phi) is 10.1. The van der Waals surface area contributed by atoms with Crippen molar-refractivity contribution in [3.8, 4) is 0 Å². The minimum Gasteiger partial charge on any atom is -0.465 e. The third-order valence-corrected chi connectivity index (χ3v) is 5.74. The molecule has 2 heterocycles. The molecule has 0 aromatic carbocycles. The molecule has 2 fully saturated rings. The van der Waals surface area contributed by atoms with Gasteiger partial charge < -0.3 is 64.7 Å². The van der Waals surface area contributed by atoms with Crippen LogP contribution in [0.2, 0.25) is 0 Å². The van der Waals surface area contributed by atoms with Crippen LogP contribution in [0, 0.1) is 0 Å². The minimum atomic E-state index is -2.42. The Morgan fingerprint density at radius 1 is 1.12 bits per heavy atom. The number of amides is 1. The van der Waals surface area contributed by atoms with Crippen LogP contribution in [0.3, 0.4) is 0 Å². The molecule has 0 saturated carbocycles. The first-order valence-corrected chi connectivity index (χ1v) is 10.5. The van der Waals surface area contributed by atoms with E-state index >= 15 is 0 Å². The molecular weight excluding hydrogens is 466 g/mol. The molecule has 8 N–H and O–H groups in total. The van der Waals surface area contributed by atoms with E-state index < -0.39 is 98.5 Å². The number of nitrogens with one attached hydrogen (secondary N) is 1. The predicted octanol–water partition coefficient (Wildman–Crippen LogP) is -5.31. The summed E-state index contributed by atoms with van der Waals surface area (Å²) < 4.78 is 26.2. The first kappa shape index (κ1) is 28.7. The number of hydrogen-bond donors (Lipinski definition) is 8. The summed E-state index contributed by atoms with van der Waals surface area (Å²) in [5, 5.41) is 72.8. The summed E-state index contributed by atoms with van der Waals surface area (Å²) in [6.07, 6.45) is -15.1. The number of aliphatic hydroxyl groups excluding tert-OH is 7. The zero-order chi connectivity index (χ0) is 25.8. The second-order valence-electron chi connectivity index (χ2n) is 8.13. The lowest BCUT2D eigenvalue weighted by Gasteiger charge is -2.47. The number of ether oxygens (including phenoxy) is 5. The average molecular weight is 499 g/mol. The van der Waals surface area contributed by atoms with Crippen molar-refractivity contribution >= 4 is 11.9 Å². The lowest BCUT2D eigenvalue weighted by molar-refractivity contribution is -0.337. The van der Waals surface area contributed by atoms with Gasteiger partial charge in [-0.2, -0.15) is 0 Å². The Morgan fingerprint density at radius 3 is 2.29 bits per heavy atom. The third-order valence-electron chi connectivity index (χ3n) is 5.74. The fourth-order valence-electron chi connectivity index (χ4n) is 3.89. The first-order valence-electron chi connectivity index (χ1n) is 10.5. The Balaban J connectivity index is 2.33. The molecule has 0 bridgehead atoms. The summed E-state index contributed by atoms with van der Waals surface area (Å²) in [7, 11) is 2.18. The topological polar surface area (TPSA) is 234 Å². The molecule has 2 rings (SSSR count). The van der Waals surface area contributed by atoms with Gasteiger partial charge in [-0.05, 0) is 0 Å². The third kappa shape index (κ3) is 6.00. The monoisotopic (exact) mass is 499 g/mol. The van der Waals surface area contributed by atoms with Gasteiger partial charge in [0.1, 0.15) is 42.7 Å². The number of methoxy groups -OCH3 is 2. The molecule has 198 valence electrons. The second kappa shape index (κ2) is 12.0. The SMILES string of the molecule is COC(=O)[C@]1(OC[C@H]2O[C@H](OC)[C@H](O)[C@@H](O)[C@@H]2O)C[C@H](O)[C@@H](NC(C)=O)[C@H]([C@H](O)[C@H](O)CO)O1. The summed E-state index contributed by atoms with van der Waals surface area (Å²) >= 11 is 0. The van der Waals surface area contributed by atoms with E-state index in [0.717, 1.165) is 14.0 Å². The number of carbonyl (C=O) groups excluding carboxylic acids is 2. The van der Waals surface area contributed by atoms with Crippen molar-refractivity contribution in [2.45, 2.75) is 80.3 Å². The summed E-state index contributed by atoms with van der Waals surface area (Å²) in [5.74, 6) is -4.21. The van der Waals surface area contributed by atoms with E-state index in [2.05, 4.69) is 5.32 Å². The number of rotatable bonds is 9. The molecular formula is C19H33NO14. The van der Waals surface area contributed by atoms with Gasteiger partial charge in [-0.25, -0.2) is 4.79 Å². The van der Waals surface area contributed by atoms with E-state index in [-0.39, 0.29) is 0 Å². The predicted molar refractivity (Wildman–Crippen MR) is 107 cm³/mol. The van der Waals surface area contributed by atoms with Gasteiger partial charge in [0, 0.05) is 20.5 Å². The van der Waals surface area contributed by atoms with Crippen LogP contribution >= 0.6 is 0 Å². The lowest BCUT2D eigenvalue weighted by atomic mass is 9.88. The highest BCUT2D eigenvalue weighted by atomic mass is 16.8. The van der Waals surface area contributed by atoms with Crippen molar-refractivity contribution in [3.63, 3.8) is 0 Å². The molecule has 0 radical (unpaired) electrons. The van der Waals surface area contributed by atoms with Crippen molar-refractivity contribution in [2.75, 3.05) is 27.4 Å². The largest absolute Gasteiger partial charge is 0.465 e. The van der Waals surface area contributed by atoms with Crippen molar-refractivity contribution in [1.29, 1.82) is 0 Å². The highest BCUT2D eigenvalue weighted by Crippen LogP contribution is 2.35. The van der Waals surface area contributed by atoms with E-state index in [4.69, 9.17) is 23.7 Å². The fraction of sp³-hybridized carbons (Fsp3) is 0.895. The van der Waals surface area contributed by atoms with Gasteiger partial charge in [-0.15, -0.1) is 0 Å². The molecule has 0 aromatic rings. The summed E-state index contributed by atoms with van der Waals surface area (Å²) in [4.78, 5) is 24.3. The molecule has 2 saturated heterocycles. The average Bonchev–Trinajstić information content (AvgIpc) is 2.81. The molecule has 0 spiro atoms. The Hall–Kier alpha value is -1.50. The fourth-order valence-corrected chi connectivity index (χ4v) is 3.89. The van der Waals surface area contributed by atoms with Gasteiger partial charge in [-0.1, -0.05) is 0 Å². The Labute approximate surface area is 194 Å². The number of hydrogen-bond acceptors (Lipinski definition) is 14. The molecule has 0 aromatic heterocycles. The highest BCUT2D eigenvalue weighted by Gasteiger charge is 2.57. The second-order valence-corrected chi connectivity index (χ2v) is 8.13. The van der Waals surface area contributed by atoms with E-state index in [0.29, 0.717) is 0 Å². The van der Waals surface area contributed by atoms with Gasteiger partial charge in [0.15, 0.2) is 6.29 Å². The quantitative estimate of drug-likeness (QED) is 0.138. The molecule has 15 heteroatoms. The molecule has 15 nitrogen and oxygen atoms in total. The van der Waals surface area contributed by atoms with Gasteiger partial charge in [0.05, 0.1) is 32.5 Å². The van der Waals surface area contributed by atoms with Gasteiger partial charge in [0.2, 0.25) is 5.91 Å². The van der Waals surface area contributed by atoms with E-state index in [1.54, 1.807) is 0 Å². The minimum absolute atomic E-state index is 0.619. The van der Waals surface area contributed by atoms with Gasteiger partial charge >= 0.3 is 5.97 Å². The summed E-state index contributed by atoms with van der Waals surface area (Å²) in [5.41, 5.74) is 0. The zero-order valence-electron chi connectivity index (χ0n) is 18.9. The summed E-state index contributed by atoms with van der Waals surface area (Å²) in [6, 6.07) is -1.32. The van der Waals surface area contributed by atoms with Gasteiger partial charge in [0.25, 0.3) is 5.79 Å². The standard InChI is InChI=1S/C19H33NO14/c1-7(22)20-11-8(23)4-19(18(29)31-3,34-16(11)12(25)9(24)5-21)32-6-10-13(26)14(27)15(28)17(30-2)33-10/h8-17,21,23-28H,4-6H2,1-3H3,(H,20,22)/t8-,9+,10+,11+,12+,13+,14-,15+,16+,17-,19-/m0/s1. The van der Waals surface area contributed by atoms with Crippen LogP contribution in [0.5, 0.6) is 0 Å². The first-order chi connectivity index (χ1) is 15.9. The molecule has 0 aliphatic carbocycles. The Bertz CT molecular complexity index is 694. The molecule has 1 amide bonds. The van der Waals surface area contributed by atoms with Crippen LogP contribution in [-0.4, -0.2) is 142 Å². The van der Waals surface area contributed by atoms with E-state index in [9.17, 15) is 45.3 Å². The maximum absolute atomic E-state index is 12.7. The van der Waals surface area contributed by atoms with Crippen molar-refractivity contribution in [3.05, 3.63) is 0 Å². The van der Waals surface area contributed by atoms with Crippen molar-refractivity contribution < 1.29 is 69.0 Å². The zero-order valence-corrected chi connectivity index (χ0v) is 18.9. The maximum Gasteiger partial charge on any atom is 0.366 e. The summed E-state index contributed by atoms with van der Waals surface area (Å²) in [6.45, 7) is -0.426. The highest BCUT2D eigenvalue weighted by molar-refractivity contribution is 5.78. The molecule has 34 heavy (non-hydrogen) atoms. The van der Waals surface area contributed by atoms with Crippen LogP contribution in [0.4, 0.5) is 0 Å².